The second kappa shape index (κ2) is 3.40. The number of nitrogens with zero attached hydrogens (tertiary/aromatic N) is 1. The zero-order chi connectivity index (χ0) is 8.27. The van der Waals surface area contributed by atoms with E-state index >= 15 is 0 Å². The Balaban J connectivity index is 3.15. The molecule has 1 aromatic carbocycles. The van der Waals surface area contributed by atoms with E-state index in [2.05, 4.69) is 0 Å². The van der Waals surface area contributed by atoms with Gasteiger partial charge in [-0.2, -0.15) is 5.26 Å². The molecule has 0 spiro atoms. The molecule has 0 unspecified atom stereocenters. The molecular formula is C8H6FNS. The summed E-state index contributed by atoms with van der Waals surface area (Å²) in [6, 6.07) is 6.27. The summed E-state index contributed by atoms with van der Waals surface area (Å²) in [5, 5.41) is 8.47. The predicted octanol–water partition coefficient (Wildman–Crippen LogP) is 2.42. The second-order valence-corrected chi connectivity index (χ2v) is 2.81. The van der Waals surface area contributed by atoms with Crippen LogP contribution in [0.3, 0.4) is 0 Å². The van der Waals surface area contributed by atoms with Crippen molar-refractivity contribution in [3.8, 4) is 6.07 Å². The molecule has 0 fully saturated rings. The summed E-state index contributed by atoms with van der Waals surface area (Å²) in [4.78, 5) is 0.518. The highest BCUT2D eigenvalue weighted by atomic mass is 32.2. The van der Waals surface area contributed by atoms with Crippen molar-refractivity contribution in [1.29, 1.82) is 5.26 Å². The van der Waals surface area contributed by atoms with Gasteiger partial charge in [0.25, 0.3) is 0 Å². The lowest BCUT2D eigenvalue weighted by Gasteiger charge is -1.97. The third-order valence-corrected chi connectivity index (χ3v) is 2.03. The van der Waals surface area contributed by atoms with Gasteiger partial charge in [-0.15, -0.1) is 11.8 Å². The first-order valence-electron chi connectivity index (χ1n) is 3.01. The molecule has 1 aromatic rings. The molecule has 0 aliphatic carbocycles. The van der Waals surface area contributed by atoms with E-state index in [0.717, 1.165) is 0 Å². The number of halogens is 1. The van der Waals surface area contributed by atoms with Gasteiger partial charge < -0.3 is 0 Å². The number of thioether (sulfide) groups is 1. The molecule has 0 bridgehead atoms. The summed E-state index contributed by atoms with van der Waals surface area (Å²) < 4.78 is 12.8. The van der Waals surface area contributed by atoms with E-state index in [1.54, 1.807) is 12.3 Å². The Morgan fingerprint density at radius 1 is 1.55 bits per heavy atom. The number of nitriles is 1. The third-order valence-electron chi connectivity index (χ3n) is 1.28. The van der Waals surface area contributed by atoms with Crippen LogP contribution in [0.25, 0.3) is 0 Å². The SMILES string of the molecule is CSc1cc(C#N)ccc1F. The molecule has 11 heavy (non-hydrogen) atoms. The summed E-state index contributed by atoms with van der Waals surface area (Å²) in [5.41, 5.74) is 0.496. The van der Waals surface area contributed by atoms with E-state index in [9.17, 15) is 4.39 Å². The maximum atomic E-state index is 12.8. The van der Waals surface area contributed by atoms with Gasteiger partial charge in [0.05, 0.1) is 11.6 Å². The Bertz CT molecular complexity index is 303. The van der Waals surface area contributed by atoms with Gasteiger partial charge in [-0.25, -0.2) is 4.39 Å². The number of benzene rings is 1. The zero-order valence-electron chi connectivity index (χ0n) is 5.97. The molecule has 0 aliphatic heterocycles. The van der Waals surface area contributed by atoms with E-state index in [1.807, 2.05) is 6.07 Å². The molecule has 1 nitrogen and oxygen atoms in total. The van der Waals surface area contributed by atoms with Crippen LogP contribution in [-0.2, 0) is 0 Å². The Morgan fingerprint density at radius 3 is 2.82 bits per heavy atom. The van der Waals surface area contributed by atoms with Crippen LogP contribution in [0.2, 0.25) is 0 Å². The molecule has 0 amide bonds. The highest BCUT2D eigenvalue weighted by molar-refractivity contribution is 7.98. The maximum Gasteiger partial charge on any atom is 0.136 e. The third kappa shape index (κ3) is 1.72. The van der Waals surface area contributed by atoms with Crippen molar-refractivity contribution >= 4 is 11.8 Å². The normalized spacial score (nSPS) is 9.18. The summed E-state index contributed by atoms with van der Waals surface area (Å²) in [6.45, 7) is 0. The van der Waals surface area contributed by atoms with Gasteiger partial charge in [0.2, 0.25) is 0 Å². The van der Waals surface area contributed by atoms with Gasteiger partial charge >= 0.3 is 0 Å². The first-order chi connectivity index (χ1) is 5.27. The van der Waals surface area contributed by atoms with Crippen LogP contribution in [0.4, 0.5) is 4.39 Å². The van der Waals surface area contributed by atoms with Crippen LogP contribution in [0.1, 0.15) is 5.56 Å². The Kier molecular flexibility index (Phi) is 2.50. The highest BCUT2D eigenvalue weighted by Gasteiger charge is 2.00. The molecule has 0 saturated carbocycles. The summed E-state index contributed by atoms with van der Waals surface area (Å²) in [7, 11) is 0. The Labute approximate surface area is 68.8 Å². The van der Waals surface area contributed by atoms with Crippen molar-refractivity contribution in [3.63, 3.8) is 0 Å². The van der Waals surface area contributed by atoms with Crippen LogP contribution in [0, 0.1) is 17.1 Å². The average Bonchev–Trinajstić information content (AvgIpc) is 2.05. The minimum Gasteiger partial charge on any atom is -0.206 e. The minimum absolute atomic E-state index is 0.267. The molecule has 0 saturated heterocycles. The second-order valence-electron chi connectivity index (χ2n) is 1.96. The van der Waals surface area contributed by atoms with Crippen molar-refractivity contribution in [2.75, 3.05) is 6.26 Å². The highest BCUT2D eigenvalue weighted by Crippen LogP contribution is 2.19. The number of rotatable bonds is 1. The molecule has 0 atom stereocenters. The number of hydrogen-bond acceptors (Lipinski definition) is 2. The van der Waals surface area contributed by atoms with E-state index in [4.69, 9.17) is 5.26 Å². The van der Waals surface area contributed by atoms with Crippen LogP contribution in [0.15, 0.2) is 23.1 Å². The van der Waals surface area contributed by atoms with Gasteiger partial charge in [-0.3, -0.25) is 0 Å². The molecule has 0 aromatic heterocycles. The first kappa shape index (κ1) is 8.09. The quantitative estimate of drug-likeness (QED) is 0.600. The lowest BCUT2D eigenvalue weighted by molar-refractivity contribution is 0.602. The molecular weight excluding hydrogens is 161 g/mol. The van der Waals surface area contributed by atoms with Gasteiger partial charge in [-0.05, 0) is 24.5 Å². The van der Waals surface area contributed by atoms with Gasteiger partial charge in [-0.1, -0.05) is 0 Å². The van der Waals surface area contributed by atoms with Crippen molar-refractivity contribution in [1.82, 2.24) is 0 Å². The molecule has 1 rings (SSSR count). The fraction of sp³-hybridized carbons (Fsp3) is 0.125. The summed E-state index contributed by atoms with van der Waals surface area (Å²) in [5.74, 6) is -0.267. The number of hydrogen-bond donors (Lipinski definition) is 0. The van der Waals surface area contributed by atoms with Crippen molar-refractivity contribution < 1.29 is 4.39 Å². The average molecular weight is 167 g/mol. The molecule has 3 heteroatoms. The molecule has 56 valence electrons. The van der Waals surface area contributed by atoms with Crippen LogP contribution < -0.4 is 0 Å². The first-order valence-corrected chi connectivity index (χ1v) is 4.24. The maximum absolute atomic E-state index is 12.8. The molecule has 0 aliphatic rings. The topological polar surface area (TPSA) is 23.8 Å². The smallest absolute Gasteiger partial charge is 0.136 e. The van der Waals surface area contributed by atoms with Gasteiger partial charge in [0, 0.05) is 4.90 Å². The van der Waals surface area contributed by atoms with Gasteiger partial charge in [0.1, 0.15) is 5.82 Å². The molecule has 0 radical (unpaired) electrons. The fourth-order valence-corrected chi connectivity index (χ4v) is 1.24. The molecule has 0 heterocycles. The summed E-state index contributed by atoms with van der Waals surface area (Å²) >= 11 is 1.30. The standard InChI is InChI=1S/C8H6FNS/c1-11-8-4-6(5-10)2-3-7(8)9/h2-4H,1H3. The van der Waals surface area contributed by atoms with Crippen LogP contribution >= 0.6 is 11.8 Å². The van der Waals surface area contributed by atoms with Crippen LogP contribution in [0.5, 0.6) is 0 Å². The lowest BCUT2D eigenvalue weighted by Crippen LogP contribution is -1.81. The molecule has 0 N–H and O–H groups in total. The monoisotopic (exact) mass is 167 g/mol. The van der Waals surface area contributed by atoms with Crippen molar-refractivity contribution in [3.05, 3.63) is 29.6 Å². The largest absolute Gasteiger partial charge is 0.206 e. The van der Waals surface area contributed by atoms with Crippen molar-refractivity contribution in [2.24, 2.45) is 0 Å². The summed E-state index contributed by atoms with van der Waals surface area (Å²) in [6.07, 6.45) is 1.78. The van der Waals surface area contributed by atoms with E-state index < -0.39 is 0 Å². The van der Waals surface area contributed by atoms with Crippen molar-refractivity contribution in [2.45, 2.75) is 4.90 Å². The van der Waals surface area contributed by atoms with E-state index in [-0.39, 0.29) is 5.82 Å². The van der Waals surface area contributed by atoms with Gasteiger partial charge in [0.15, 0.2) is 0 Å². The van der Waals surface area contributed by atoms with E-state index in [1.165, 1.54) is 23.9 Å². The lowest BCUT2D eigenvalue weighted by atomic mass is 10.2. The fourth-order valence-electron chi connectivity index (χ4n) is 0.729. The zero-order valence-corrected chi connectivity index (χ0v) is 6.78. The van der Waals surface area contributed by atoms with Crippen LogP contribution in [-0.4, -0.2) is 6.26 Å². The Morgan fingerprint density at radius 2 is 2.27 bits per heavy atom. The Hall–Kier alpha value is -1.01. The predicted molar refractivity (Wildman–Crippen MR) is 42.9 cm³/mol. The minimum atomic E-state index is -0.267. The van der Waals surface area contributed by atoms with E-state index in [0.29, 0.717) is 10.5 Å².